The van der Waals surface area contributed by atoms with Gasteiger partial charge in [0.25, 0.3) is 12.4 Å². The molecule has 52 heavy (non-hydrogen) atoms. The maximum atomic E-state index is 11.1. The van der Waals surface area contributed by atoms with Crippen molar-refractivity contribution in [3.8, 4) is 0 Å². The van der Waals surface area contributed by atoms with E-state index in [2.05, 4.69) is 31.1 Å². The first-order valence-electron chi connectivity index (χ1n) is 18.4. The van der Waals surface area contributed by atoms with E-state index in [1.165, 1.54) is 25.7 Å². The van der Waals surface area contributed by atoms with Crippen LogP contribution in [0, 0.1) is 20.2 Å². The quantitative estimate of drug-likeness (QED) is 0.0350. The van der Waals surface area contributed by atoms with Gasteiger partial charge in [-0.05, 0) is 65.3 Å². The minimum absolute atomic E-state index is 0.426. The summed E-state index contributed by atoms with van der Waals surface area (Å²) in [5, 5.41) is 34.8. The van der Waals surface area contributed by atoms with Crippen LogP contribution >= 0.6 is 23.5 Å². The smallest absolute Gasteiger partial charge is 0.274 e. The summed E-state index contributed by atoms with van der Waals surface area (Å²) >= 11 is 3.46. The van der Waals surface area contributed by atoms with E-state index in [-0.39, 0.29) is 0 Å². The van der Waals surface area contributed by atoms with Gasteiger partial charge in [0.2, 0.25) is 0 Å². The van der Waals surface area contributed by atoms with Gasteiger partial charge < -0.3 is 39.9 Å². The highest BCUT2D eigenvalue weighted by molar-refractivity contribution is 7.98. The molecule has 0 aliphatic carbocycles. The summed E-state index contributed by atoms with van der Waals surface area (Å²) in [7, 11) is 8.03. The minimum atomic E-state index is -0.426. The highest BCUT2D eigenvalue weighted by Gasteiger charge is 2.07. The third kappa shape index (κ3) is 24.0. The Hall–Kier alpha value is -3.34. The molecule has 0 fully saturated rings. The van der Waals surface area contributed by atoms with Crippen LogP contribution in [-0.2, 0) is 24.6 Å². The number of thioether (sulfide) groups is 2. The van der Waals surface area contributed by atoms with Gasteiger partial charge >= 0.3 is 0 Å². The van der Waals surface area contributed by atoms with Gasteiger partial charge in [0.15, 0.2) is 11.6 Å². The van der Waals surface area contributed by atoms with E-state index < -0.39 is 9.85 Å². The summed E-state index contributed by atoms with van der Waals surface area (Å²) in [5.41, 5.74) is 0. The first-order chi connectivity index (χ1) is 25.1. The Balaban J connectivity index is 1.42. The summed E-state index contributed by atoms with van der Waals surface area (Å²) < 4.78 is 11.7. The SMILES string of the molecule is CN(C)Cc1ccc(CSCCNC(=C[N+](=O)[O-])NCCCCCCCCCCCCNC(=C[N+](=O)[O-])NCCSCc2ccc(CN(C)C)o2)o1. The number of nitro groups is 2. The van der Waals surface area contributed by atoms with Gasteiger partial charge in [-0.25, -0.2) is 0 Å². The third-order valence-corrected chi connectivity index (χ3v) is 9.66. The summed E-state index contributed by atoms with van der Waals surface area (Å²) in [6, 6.07) is 8.02. The van der Waals surface area contributed by atoms with E-state index in [0.29, 0.717) is 37.8 Å². The number of nitrogens with zero attached hydrogens (tertiary/aromatic N) is 4. The lowest BCUT2D eigenvalue weighted by Gasteiger charge is -2.11. The topological polar surface area (TPSA) is 167 Å². The van der Waals surface area contributed by atoms with Crippen LogP contribution in [0.15, 0.2) is 57.1 Å². The average Bonchev–Trinajstić information content (AvgIpc) is 3.71. The van der Waals surface area contributed by atoms with Crippen molar-refractivity contribution in [3.63, 3.8) is 0 Å². The Morgan fingerprint density at radius 1 is 0.577 bits per heavy atom. The zero-order valence-corrected chi connectivity index (χ0v) is 33.3. The lowest BCUT2D eigenvalue weighted by molar-refractivity contribution is -0.404. The third-order valence-electron chi connectivity index (χ3n) is 7.69. The Kier molecular flexibility index (Phi) is 24.3. The highest BCUT2D eigenvalue weighted by Crippen LogP contribution is 2.17. The Morgan fingerprint density at radius 3 is 1.25 bits per heavy atom. The average molecular weight is 767 g/mol. The van der Waals surface area contributed by atoms with Crippen molar-refractivity contribution in [2.45, 2.75) is 88.8 Å². The standard InChI is InChI=1S/C36H62N8O6S2/c1-41(2)25-31-15-17-33(49-31)29-51-23-21-39-35(27-43(45)46)37-19-13-11-9-7-5-6-8-10-12-14-20-38-36(28-44(47)48)40-22-24-52-30-34-18-16-32(50-34)26-42(3)4/h15-18,27-28,37-40H,5-14,19-26,29-30H2,1-4H3. The Labute approximate surface area is 318 Å². The Bertz CT molecular complexity index is 1220. The molecule has 0 aliphatic heterocycles. The minimum Gasteiger partial charge on any atom is -0.464 e. The van der Waals surface area contributed by atoms with Gasteiger partial charge in [-0.3, -0.25) is 20.2 Å². The van der Waals surface area contributed by atoms with Crippen LogP contribution in [0.1, 0.15) is 87.2 Å². The fourth-order valence-electron chi connectivity index (χ4n) is 5.28. The Morgan fingerprint density at radius 2 is 0.904 bits per heavy atom. The van der Waals surface area contributed by atoms with E-state index >= 15 is 0 Å². The number of furan rings is 2. The number of rotatable bonds is 33. The van der Waals surface area contributed by atoms with Crippen molar-refractivity contribution in [1.29, 1.82) is 0 Å². The fraction of sp³-hybridized carbons (Fsp3) is 0.667. The van der Waals surface area contributed by atoms with E-state index in [1.807, 2.05) is 52.5 Å². The molecule has 294 valence electrons. The van der Waals surface area contributed by atoms with Gasteiger partial charge in [0, 0.05) is 37.7 Å². The van der Waals surface area contributed by atoms with Crippen LogP contribution < -0.4 is 21.3 Å². The highest BCUT2D eigenvalue weighted by atomic mass is 32.2. The van der Waals surface area contributed by atoms with Gasteiger partial charge in [0.05, 0.1) is 34.4 Å². The molecular weight excluding hydrogens is 705 g/mol. The molecule has 16 heteroatoms. The van der Waals surface area contributed by atoms with Crippen molar-refractivity contribution in [3.05, 3.63) is 91.6 Å². The summed E-state index contributed by atoms with van der Waals surface area (Å²) in [4.78, 5) is 25.4. The molecule has 0 spiro atoms. The number of hydrogen-bond acceptors (Lipinski definition) is 14. The zero-order valence-electron chi connectivity index (χ0n) is 31.7. The first-order valence-corrected chi connectivity index (χ1v) is 20.7. The van der Waals surface area contributed by atoms with Gasteiger partial charge in [-0.2, -0.15) is 23.5 Å². The molecule has 4 N–H and O–H groups in total. The fourth-order valence-corrected chi connectivity index (χ4v) is 6.78. The normalized spacial score (nSPS) is 12.1. The second-order valence-electron chi connectivity index (χ2n) is 13.2. The van der Waals surface area contributed by atoms with Crippen molar-refractivity contribution in [2.75, 3.05) is 65.9 Å². The lowest BCUT2D eigenvalue weighted by Crippen LogP contribution is -2.29. The molecule has 0 unspecified atom stereocenters. The van der Waals surface area contributed by atoms with Crippen molar-refractivity contribution < 1.29 is 18.7 Å². The monoisotopic (exact) mass is 766 g/mol. The van der Waals surface area contributed by atoms with Crippen molar-refractivity contribution in [1.82, 2.24) is 31.1 Å². The van der Waals surface area contributed by atoms with E-state index in [1.54, 1.807) is 23.5 Å². The molecular formula is C36H62N8O6S2. The molecule has 0 atom stereocenters. The maximum absolute atomic E-state index is 11.1. The molecule has 0 saturated heterocycles. The van der Waals surface area contributed by atoms with Crippen LogP contribution in [0.3, 0.4) is 0 Å². The summed E-state index contributed by atoms with van der Waals surface area (Å²) in [6.07, 6.45) is 13.3. The maximum Gasteiger partial charge on any atom is 0.274 e. The molecule has 2 rings (SSSR count). The number of unbranched alkanes of at least 4 members (excludes halogenated alkanes) is 9. The molecule has 2 heterocycles. The molecule has 0 amide bonds. The number of hydrogen-bond donors (Lipinski definition) is 4. The van der Waals surface area contributed by atoms with Crippen LogP contribution in [0.4, 0.5) is 0 Å². The van der Waals surface area contributed by atoms with Gasteiger partial charge in [-0.1, -0.05) is 51.4 Å². The molecule has 0 saturated carbocycles. The van der Waals surface area contributed by atoms with Crippen LogP contribution in [0.25, 0.3) is 0 Å². The van der Waals surface area contributed by atoms with Crippen LogP contribution in [-0.4, -0.2) is 85.5 Å². The predicted molar refractivity (Wildman–Crippen MR) is 213 cm³/mol. The second kappa shape index (κ2) is 28.2. The molecule has 2 aromatic rings. The van der Waals surface area contributed by atoms with E-state index in [4.69, 9.17) is 8.83 Å². The van der Waals surface area contributed by atoms with E-state index in [0.717, 1.165) is 110 Å². The molecule has 0 aliphatic rings. The molecule has 0 bridgehead atoms. The second-order valence-corrected chi connectivity index (χ2v) is 15.4. The van der Waals surface area contributed by atoms with Crippen molar-refractivity contribution >= 4 is 23.5 Å². The largest absolute Gasteiger partial charge is 0.464 e. The lowest BCUT2D eigenvalue weighted by atomic mass is 10.1. The predicted octanol–water partition coefficient (Wildman–Crippen LogP) is 6.57. The molecule has 2 aromatic heterocycles. The van der Waals surface area contributed by atoms with Crippen LogP contribution in [0.5, 0.6) is 0 Å². The summed E-state index contributed by atoms with van der Waals surface area (Å²) in [6.45, 7) is 4.20. The molecule has 0 aromatic carbocycles. The van der Waals surface area contributed by atoms with Gasteiger partial charge in [0.1, 0.15) is 23.0 Å². The first kappa shape index (κ1) is 44.8. The van der Waals surface area contributed by atoms with Gasteiger partial charge in [-0.15, -0.1) is 0 Å². The summed E-state index contributed by atoms with van der Waals surface area (Å²) in [5.74, 6) is 7.85. The molecule has 0 radical (unpaired) electrons. The van der Waals surface area contributed by atoms with E-state index in [9.17, 15) is 20.2 Å². The number of nitrogens with one attached hydrogen (secondary N) is 4. The molecule has 14 nitrogen and oxygen atoms in total. The van der Waals surface area contributed by atoms with Crippen molar-refractivity contribution in [2.24, 2.45) is 0 Å². The zero-order chi connectivity index (χ0) is 37.8. The van der Waals surface area contributed by atoms with Crippen LogP contribution in [0.2, 0.25) is 0 Å².